The van der Waals surface area contributed by atoms with Crippen molar-refractivity contribution in [3.63, 3.8) is 0 Å². The summed E-state index contributed by atoms with van der Waals surface area (Å²) in [5, 5.41) is 9.80. The number of anilines is 1. The minimum Gasteiger partial charge on any atom is -0.756 e. The van der Waals surface area contributed by atoms with E-state index in [1.165, 1.54) is 0 Å². The first-order valence-corrected chi connectivity index (χ1v) is 15.8. The molecular weight excluding hydrogens is 655 g/mol. The van der Waals surface area contributed by atoms with E-state index in [4.69, 9.17) is 33.8 Å². The Hall–Kier alpha value is -3.61. The Balaban J connectivity index is 1.14. The van der Waals surface area contributed by atoms with E-state index >= 15 is 8.78 Å². The molecule has 21 nitrogen and oxygen atoms in total. The number of aromatic nitrogens is 4. The summed E-state index contributed by atoms with van der Waals surface area (Å²) in [6.07, 6.45) is -11.9. The van der Waals surface area contributed by atoms with E-state index in [1.807, 2.05) is 4.72 Å². The Labute approximate surface area is 250 Å². The highest BCUT2D eigenvalue weighted by Crippen LogP contribution is 2.46. The summed E-state index contributed by atoms with van der Waals surface area (Å²) < 4.78 is 99.7. The Morgan fingerprint density at radius 2 is 1.89 bits per heavy atom. The van der Waals surface area contributed by atoms with Gasteiger partial charge in [0.25, 0.3) is 13.7 Å². The number of guanidine groups is 1. The van der Waals surface area contributed by atoms with Crippen LogP contribution in [0.4, 0.5) is 14.6 Å². The molecule has 0 spiro atoms. The van der Waals surface area contributed by atoms with Gasteiger partial charge in [0, 0.05) is 6.54 Å². The van der Waals surface area contributed by atoms with E-state index in [9.17, 15) is 22.7 Å². The molecule has 10 atom stereocenters. The number of imidazole rings is 1. The lowest BCUT2D eigenvalue weighted by Gasteiger charge is -2.31. The number of nitrogens with one attached hydrogen (secondary N) is 3. The molecule has 0 saturated carbocycles. The smallest absolute Gasteiger partial charge is 0.336 e. The molecule has 0 aliphatic carbocycles. The minimum atomic E-state index is -5.42. The first-order chi connectivity index (χ1) is 21.3. The lowest BCUT2D eigenvalue weighted by atomic mass is 10.1. The molecule has 2 unspecified atom stereocenters. The first kappa shape index (κ1) is 30.1. The Kier molecular flexibility index (Phi) is 7.18. The van der Waals surface area contributed by atoms with Crippen LogP contribution in [0.15, 0.2) is 22.6 Å². The number of amides is 1. The number of ether oxygens (including phenoxy) is 2. The molecule has 5 N–H and O–H groups in total. The van der Waals surface area contributed by atoms with Crippen molar-refractivity contribution in [2.45, 2.75) is 55.3 Å². The second-order valence-electron chi connectivity index (χ2n) is 10.2. The van der Waals surface area contributed by atoms with Crippen molar-refractivity contribution < 1.29 is 54.2 Å². The van der Waals surface area contributed by atoms with Crippen LogP contribution >= 0.6 is 7.82 Å². The third-order valence-electron chi connectivity index (χ3n) is 7.38. The van der Waals surface area contributed by atoms with Gasteiger partial charge in [0.05, 0.1) is 19.3 Å². The number of phosphoric ester groups is 1. The second-order valence-corrected chi connectivity index (χ2v) is 12.9. The van der Waals surface area contributed by atoms with Gasteiger partial charge in [-0.2, -0.15) is 18.1 Å². The van der Waals surface area contributed by atoms with Crippen LogP contribution in [0.3, 0.4) is 0 Å². The van der Waals surface area contributed by atoms with Crippen LogP contribution in [0.25, 0.3) is 11.2 Å². The maximum absolute atomic E-state index is 15.8. The molecule has 1 amide bonds. The van der Waals surface area contributed by atoms with Crippen molar-refractivity contribution in [1.29, 1.82) is 5.41 Å². The minimum absolute atomic E-state index is 0.0239. The van der Waals surface area contributed by atoms with Gasteiger partial charge in [0.1, 0.15) is 36.3 Å². The number of carbonyl (C=O) groups is 1. The maximum Gasteiger partial charge on any atom is 0.336 e. The molecule has 2 aromatic rings. The summed E-state index contributed by atoms with van der Waals surface area (Å²) in [6.45, 7) is -1.82. The predicted molar refractivity (Wildman–Crippen MR) is 140 cm³/mol. The number of nitrogens with zero attached hydrogens (tertiary/aromatic N) is 7. The van der Waals surface area contributed by atoms with Crippen LogP contribution < -0.4 is 20.7 Å². The number of rotatable bonds is 2. The van der Waals surface area contributed by atoms with Crippen LogP contribution in [0, 0.1) is 5.41 Å². The standard InChI is InChI=1S/C20H22F2N11O10PS/c21-8-12-6(40-18(8)33-5-28-11-16(33)30-20(24)31-17(11)34)1-29-45(37,38)43-13-7(2-39-44(35,36)42-12)41-19(9(13)22)32-4-27-10-14(23)25-3-26-15(10)32/h3-9,11-13,18-19,29H,1-2H2,(H,35,36)(H2,23,25,26)(H2,24,31,34)/p-1/t6-,7-,8-,9+,11?,12-,13-,18-,19-/m1/s1. The topological polar surface area (TPSA) is 283 Å². The highest BCUT2D eigenvalue weighted by Gasteiger charge is 2.55. The van der Waals surface area contributed by atoms with Gasteiger partial charge in [0.15, 0.2) is 48.1 Å². The van der Waals surface area contributed by atoms with Crippen molar-refractivity contribution in [3.05, 3.63) is 12.7 Å². The number of nitrogen functional groups attached to an aromatic ring is 1. The number of phosphoric acid groups is 1. The van der Waals surface area contributed by atoms with Gasteiger partial charge in [-0.15, -0.1) is 0 Å². The lowest BCUT2D eigenvalue weighted by Crippen LogP contribution is -2.52. The number of amidine groups is 1. The SMILES string of the molecule is N=C1N=C2C(N=CN2[C@@H]2O[C@@H]3CNS(=O)(=O)O[C@H]4[C@H](F)[C@H](n5cnc6c(N)ncnc65)O[C@@H]4COP(=O)([O-])O[C@H]3[C@H]2F)C(=O)N1. The molecule has 3 fully saturated rings. The predicted octanol–water partition coefficient (Wildman–Crippen LogP) is -3.01. The average Bonchev–Trinajstić information content (AvgIpc) is 3.72. The van der Waals surface area contributed by atoms with Gasteiger partial charge in [-0.25, -0.2) is 27.9 Å². The zero-order valence-corrected chi connectivity index (χ0v) is 24.0. The zero-order chi connectivity index (χ0) is 31.8. The summed E-state index contributed by atoms with van der Waals surface area (Å²) in [6, 6.07) is -1.23. The van der Waals surface area contributed by atoms with E-state index < -0.39 is 98.4 Å². The molecule has 5 aliphatic heterocycles. The number of carbonyl (C=O) groups excluding carboxylic acids is 1. The molecule has 3 saturated heterocycles. The van der Waals surface area contributed by atoms with Crippen molar-refractivity contribution in [2.24, 2.45) is 9.98 Å². The van der Waals surface area contributed by atoms with Gasteiger partial charge >= 0.3 is 10.3 Å². The first-order valence-electron chi connectivity index (χ1n) is 13.0. The monoisotopic (exact) mass is 676 g/mol. The molecule has 45 heavy (non-hydrogen) atoms. The fourth-order valence-corrected chi connectivity index (χ4v) is 7.27. The molecule has 25 heteroatoms. The molecule has 5 aliphatic rings. The molecular formula is C20H21F2N11O10PS-. The third kappa shape index (κ3) is 5.26. The van der Waals surface area contributed by atoms with Gasteiger partial charge in [-0.1, -0.05) is 0 Å². The van der Waals surface area contributed by atoms with Gasteiger partial charge in [-0.3, -0.25) is 34.5 Å². The van der Waals surface area contributed by atoms with Crippen molar-refractivity contribution >= 4 is 59.1 Å². The number of alkyl halides is 2. The van der Waals surface area contributed by atoms with Crippen LogP contribution in [0.1, 0.15) is 6.23 Å². The van der Waals surface area contributed by atoms with Gasteiger partial charge in [-0.05, 0) is 0 Å². The zero-order valence-electron chi connectivity index (χ0n) is 22.2. The maximum atomic E-state index is 15.8. The number of halogens is 2. The van der Waals surface area contributed by atoms with E-state index in [-0.39, 0.29) is 22.8 Å². The summed E-state index contributed by atoms with van der Waals surface area (Å²) >= 11 is 0. The van der Waals surface area contributed by atoms with Crippen LogP contribution in [0.2, 0.25) is 0 Å². The van der Waals surface area contributed by atoms with Crippen molar-refractivity contribution in [3.8, 4) is 0 Å². The highest BCUT2D eigenvalue weighted by molar-refractivity contribution is 7.84. The van der Waals surface area contributed by atoms with Crippen molar-refractivity contribution in [2.75, 3.05) is 18.9 Å². The Morgan fingerprint density at radius 1 is 1.13 bits per heavy atom. The quantitative estimate of drug-likeness (QED) is 0.230. The molecule has 7 heterocycles. The summed E-state index contributed by atoms with van der Waals surface area (Å²) in [4.78, 5) is 45.5. The molecule has 0 bridgehead atoms. The Morgan fingerprint density at radius 3 is 2.69 bits per heavy atom. The third-order valence-corrected chi connectivity index (χ3v) is 9.34. The summed E-state index contributed by atoms with van der Waals surface area (Å²) in [5.41, 5.74) is 5.91. The highest BCUT2D eigenvalue weighted by atomic mass is 32.2. The molecule has 0 aromatic carbocycles. The van der Waals surface area contributed by atoms with Crippen LogP contribution in [-0.4, -0.2) is 119 Å². The molecule has 7 rings (SSSR count). The van der Waals surface area contributed by atoms with E-state index in [1.54, 1.807) is 0 Å². The molecule has 242 valence electrons. The van der Waals surface area contributed by atoms with Crippen LogP contribution in [0.5, 0.6) is 0 Å². The molecule has 2 aromatic heterocycles. The number of hydrogen-bond donors (Lipinski definition) is 4. The van der Waals surface area contributed by atoms with Gasteiger partial charge in [0.2, 0.25) is 5.96 Å². The van der Waals surface area contributed by atoms with E-state index in [0.717, 1.165) is 28.5 Å². The fourth-order valence-electron chi connectivity index (χ4n) is 5.37. The average molecular weight is 676 g/mol. The summed E-state index contributed by atoms with van der Waals surface area (Å²) in [7, 11) is -10.3. The van der Waals surface area contributed by atoms with E-state index in [0.29, 0.717) is 0 Å². The number of hydrogen-bond acceptors (Lipinski definition) is 17. The molecule has 0 radical (unpaired) electrons. The summed E-state index contributed by atoms with van der Waals surface area (Å²) in [5.74, 6) is -1.49. The lowest BCUT2D eigenvalue weighted by molar-refractivity contribution is -0.235. The number of nitrogens with two attached hydrogens (primary N) is 1. The van der Waals surface area contributed by atoms with Gasteiger partial charge < -0.3 is 29.1 Å². The van der Waals surface area contributed by atoms with Crippen molar-refractivity contribution in [1.82, 2.24) is 34.5 Å². The normalized spacial score (nSPS) is 39.8. The number of aliphatic imine (C=N–C) groups is 2. The Bertz CT molecular complexity index is 1800. The second kappa shape index (κ2) is 10.7. The number of fused-ring (bicyclic) bond motifs is 4. The van der Waals surface area contributed by atoms with Crippen LogP contribution in [-0.2, 0) is 42.4 Å². The van der Waals surface area contributed by atoms with E-state index in [2.05, 4.69) is 30.3 Å². The fraction of sp³-hybridized carbons (Fsp3) is 0.550. The largest absolute Gasteiger partial charge is 0.756 e.